The molecular formula is C16H20BrNOS. The van der Waals surface area contributed by atoms with Gasteiger partial charge in [-0.05, 0) is 59.1 Å². The molecule has 2 unspecified atom stereocenters. The van der Waals surface area contributed by atoms with Crippen LogP contribution in [0.1, 0.15) is 36.8 Å². The molecule has 0 amide bonds. The molecule has 0 aliphatic rings. The quantitative estimate of drug-likeness (QED) is 0.798. The second-order valence-corrected chi connectivity index (χ2v) is 7.43. The van der Waals surface area contributed by atoms with Gasteiger partial charge in [0.1, 0.15) is 11.9 Å². The van der Waals surface area contributed by atoms with E-state index in [0.717, 1.165) is 27.3 Å². The maximum absolute atomic E-state index is 6.07. The number of halogens is 1. The Bertz CT molecular complexity index is 536. The number of aryl methyl sites for hydroxylation is 1. The first kappa shape index (κ1) is 15.5. The molecule has 0 saturated carbocycles. The van der Waals surface area contributed by atoms with Crippen LogP contribution in [0.2, 0.25) is 0 Å². The Morgan fingerprint density at radius 3 is 2.40 bits per heavy atom. The van der Waals surface area contributed by atoms with Crippen LogP contribution in [0.3, 0.4) is 0 Å². The lowest BCUT2D eigenvalue weighted by molar-refractivity contribution is 0.184. The molecule has 2 nitrogen and oxygen atoms in total. The van der Waals surface area contributed by atoms with E-state index in [9.17, 15) is 0 Å². The zero-order valence-corrected chi connectivity index (χ0v) is 14.2. The number of ether oxygens (including phenoxy) is 1. The van der Waals surface area contributed by atoms with Crippen molar-refractivity contribution < 1.29 is 4.74 Å². The predicted molar refractivity (Wildman–Crippen MR) is 89.5 cm³/mol. The summed E-state index contributed by atoms with van der Waals surface area (Å²) in [6, 6.07) is 12.3. The molecule has 0 aliphatic carbocycles. The Kier molecular flexibility index (Phi) is 5.64. The van der Waals surface area contributed by atoms with Crippen LogP contribution in [0.5, 0.6) is 5.75 Å². The molecule has 0 radical (unpaired) electrons. The molecule has 108 valence electrons. The van der Waals surface area contributed by atoms with E-state index in [1.807, 2.05) is 25.1 Å². The highest BCUT2D eigenvalue weighted by Gasteiger charge is 2.20. The zero-order chi connectivity index (χ0) is 14.5. The highest BCUT2D eigenvalue weighted by Crippen LogP contribution is 2.32. The summed E-state index contributed by atoms with van der Waals surface area (Å²) in [5, 5.41) is 0. The Hall–Kier alpha value is -0.840. The molecule has 1 heterocycles. The lowest BCUT2D eigenvalue weighted by Gasteiger charge is -2.21. The molecular weight excluding hydrogens is 334 g/mol. The van der Waals surface area contributed by atoms with Crippen LogP contribution in [0.4, 0.5) is 0 Å². The third kappa shape index (κ3) is 4.08. The minimum absolute atomic E-state index is 0.0594. The Balaban J connectivity index is 2.12. The minimum atomic E-state index is -0.108. The number of hydrogen-bond acceptors (Lipinski definition) is 3. The fourth-order valence-corrected chi connectivity index (χ4v) is 3.64. The molecule has 20 heavy (non-hydrogen) atoms. The second kappa shape index (κ2) is 7.25. The van der Waals surface area contributed by atoms with Crippen LogP contribution in [0.25, 0.3) is 0 Å². The van der Waals surface area contributed by atoms with E-state index in [0.29, 0.717) is 0 Å². The molecule has 2 atom stereocenters. The predicted octanol–water partition coefficient (Wildman–Crippen LogP) is 4.93. The minimum Gasteiger partial charge on any atom is -0.483 e. The Morgan fingerprint density at radius 1 is 1.20 bits per heavy atom. The van der Waals surface area contributed by atoms with Crippen LogP contribution in [-0.2, 0) is 6.42 Å². The van der Waals surface area contributed by atoms with Crippen molar-refractivity contribution in [3.63, 3.8) is 0 Å². The first-order chi connectivity index (χ1) is 9.60. The summed E-state index contributed by atoms with van der Waals surface area (Å²) < 4.78 is 7.17. The topological polar surface area (TPSA) is 35.2 Å². The molecule has 4 heteroatoms. The smallest absolute Gasteiger partial charge is 0.148 e. The summed E-state index contributed by atoms with van der Waals surface area (Å²) in [7, 11) is 0. The van der Waals surface area contributed by atoms with Gasteiger partial charge in [0.15, 0.2) is 0 Å². The van der Waals surface area contributed by atoms with Gasteiger partial charge in [-0.2, -0.15) is 0 Å². The van der Waals surface area contributed by atoms with E-state index in [1.54, 1.807) is 11.3 Å². The van der Waals surface area contributed by atoms with Crippen molar-refractivity contribution in [3.8, 4) is 5.75 Å². The average molecular weight is 354 g/mol. The third-order valence-corrected chi connectivity index (χ3v) is 4.76. The van der Waals surface area contributed by atoms with Crippen LogP contribution >= 0.6 is 27.3 Å². The summed E-state index contributed by atoms with van der Waals surface area (Å²) in [5.74, 6) is 0.872. The van der Waals surface area contributed by atoms with Gasteiger partial charge < -0.3 is 10.5 Å². The molecule has 2 N–H and O–H groups in total. The number of rotatable bonds is 6. The number of benzene rings is 1. The summed E-state index contributed by atoms with van der Waals surface area (Å²) in [5.41, 5.74) is 7.41. The summed E-state index contributed by atoms with van der Waals surface area (Å²) >= 11 is 5.15. The van der Waals surface area contributed by atoms with E-state index < -0.39 is 0 Å². The molecule has 0 fully saturated rings. The van der Waals surface area contributed by atoms with Crippen molar-refractivity contribution in [2.45, 2.75) is 38.8 Å². The summed E-state index contributed by atoms with van der Waals surface area (Å²) in [6.07, 6.45) is 2.16. The largest absolute Gasteiger partial charge is 0.483 e. The first-order valence-electron chi connectivity index (χ1n) is 6.86. The fourth-order valence-electron chi connectivity index (χ4n) is 2.08. The standard InChI is InChI=1S/C16H20BrNOS/c1-3-4-12-5-7-13(8-6-12)19-16(11(2)18)14-9-10-15(17)20-14/h5-11,16H,3-4,18H2,1-2H3. The van der Waals surface area contributed by atoms with E-state index in [2.05, 4.69) is 41.1 Å². The van der Waals surface area contributed by atoms with Crippen LogP contribution in [0, 0.1) is 0 Å². The van der Waals surface area contributed by atoms with Gasteiger partial charge in [0.25, 0.3) is 0 Å². The number of hydrogen-bond donors (Lipinski definition) is 1. The SMILES string of the molecule is CCCc1ccc(OC(c2ccc(Br)s2)C(C)N)cc1. The zero-order valence-electron chi connectivity index (χ0n) is 11.8. The molecule has 0 bridgehead atoms. The normalized spacial score (nSPS) is 14.0. The lowest BCUT2D eigenvalue weighted by atomic mass is 10.1. The number of nitrogens with two attached hydrogens (primary N) is 1. The van der Waals surface area contributed by atoms with Crippen molar-refractivity contribution >= 4 is 27.3 Å². The van der Waals surface area contributed by atoms with Crippen molar-refractivity contribution in [2.75, 3.05) is 0 Å². The second-order valence-electron chi connectivity index (χ2n) is 4.93. The van der Waals surface area contributed by atoms with E-state index >= 15 is 0 Å². The van der Waals surface area contributed by atoms with Crippen LogP contribution in [0.15, 0.2) is 40.2 Å². The molecule has 0 spiro atoms. The van der Waals surface area contributed by atoms with Gasteiger partial charge in [-0.1, -0.05) is 25.5 Å². The molecule has 0 aliphatic heterocycles. The van der Waals surface area contributed by atoms with Gasteiger partial charge in [-0.25, -0.2) is 0 Å². The fraction of sp³-hybridized carbons (Fsp3) is 0.375. The van der Waals surface area contributed by atoms with E-state index in [1.165, 1.54) is 5.56 Å². The van der Waals surface area contributed by atoms with Gasteiger partial charge in [0, 0.05) is 10.9 Å². The number of thiophene rings is 1. The molecule has 2 aromatic rings. The molecule has 2 rings (SSSR count). The van der Waals surface area contributed by atoms with Gasteiger partial charge in [0.05, 0.1) is 3.79 Å². The van der Waals surface area contributed by atoms with Crippen LogP contribution < -0.4 is 10.5 Å². The molecule has 0 saturated heterocycles. The molecule has 1 aromatic carbocycles. The van der Waals surface area contributed by atoms with Crippen molar-refractivity contribution in [1.82, 2.24) is 0 Å². The van der Waals surface area contributed by atoms with Crippen molar-refractivity contribution in [3.05, 3.63) is 50.6 Å². The maximum atomic E-state index is 6.07. The maximum Gasteiger partial charge on any atom is 0.148 e. The average Bonchev–Trinajstić information content (AvgIpc) is 2.84. The van der Waals surface area contributed by atoms with Gasteiger partial charge in [-0.3, -0.25) is 0 Å². The van der Waals surface area contributed by atoms with Gasteiger partial charge in [0.2, 0.25) is 0 Å². The van der Waals surface area contributed by atoms with Crippen LogP contribution in [-0.4, -0.2) is 6.04 Å². The highest BCUT2D eigenvalue weighted by atomic mass is 79.9. The summed E-state index contributed by atoms with van der Waals surface area (Å²) in [4.78, 5) is 1.14. The van der Waals surface area contributed by atoms with Crippen molar-refractivity contribution in [1.29, 1.82) is 0 Å². The van der Waals surface area contributed by atoms with Gasteiger partial charge in [-0.15, -0.1) is 11.3 Å². The molecule has 1 aromatic heterocycles. The third-order valence-electron chi connectivity index (χ3n) is 3.08. The van der Waals surface area contributed by atoms with Crippen molar-refractivity contribution in [2.24, 2.45) is 5.73 Å². The highest BCUT2D eigenvalue weighted by molar-refractivity contribution is 9.11. The Labute approximate surface area is 133 Å². The Morgan fingerprint density at radius 2 is 1.90 bits per heavy atom. The van der Waals surface area contributed by atoms with E-state index in [4.69, 9.17) is 10.5 Å². The van der Waals surface area contributed by atoms with E-state index in [-0.39, 0.29) is 12.1 Å². The monoisotopic (exact) mass is 353 g/mol. The first-order valence-corrected chi connectivity index (χ1v) is 8.47. The summed E-state index contributed by atoms with van der Waals surface area (Å²) in [6.45, 7) is 4.16. The van der Waals surface area contributed by atoms with Gasteiger partial charge >= 0.3 is 0 Å². The lowest BCUT2D eigenvalue weighted by Crippen LogP contribution is -2.28.